The number of benzene rings is 1. The summed E-state index contributed by atoms with van der Waals surface area (Å²) >= 11 is 0. The van der Waals surface area contributed by atoms with Crippen molar-refractivity contribution >= 4 is 0 Å². The van der Waals surface area contributed by atoms with E-state index in [4.69, 9.17) is 0 Å². The Bertz CT molecular complexity index is 336. The zero-order valence-corrected chi connectivity index (χ0v) is 12.6. The van der Waals surface area contributed by atoms with Crippen molar-refractivity contribution in [2.75, 3.05) is 0 Å². The lowest BCUT2D eigenvalue weighted by atomic mass is 9.95. The van der Waals surface area contributed by atoms with E-state index >= 15 is 0 Å². The summed E-state index contributed by atoms with van der Waals surface area (Å²) < 4.78 is 0. The lowest BCUT2D eigenvalue weighted by molar-refractivity contribution is 0.355. The molecule has 0 radical (unpaired) electrons. The summed E-state index contributed by atoms with van der Waals surface area (Å²) in [4.78, 5) is 0. The fraction of sp³-hybridized carbons (Fsp3) is 0.667. The first kappa shape index (κ1) is 14.6. The first-order valence-electron chi connectivity index (χ1n) is 8.06. The third-order valence-electron chi connectivity index (χ3n) is 4.20. The van der Waals surface area contributed by atoms with Crippen LogP contribution in [0.2, 0.25) is 0 Å². The topological polar surface area (TPSA) is 12.0 Å². The summed E-state index contributed by atoms with van der Waals surface area (Å²) in [6.07, 6.45) is 9.63. The maximum atomic E-state index is 3.94. The van der Waals surface area contributed by atoms with Crippen molar-refractivity contribution in [2.45, 2.75) is 70.9 Å². The minimum atomic E-state index is 0.532. The lowest BCUT2D eigenvalue weighted by Crippen LogP contribution is -2.33. The highest BCUT2D eigenvalue weighted by molar-refractivity contribution is 5.19. The molecule has 1 aliphatic rings. The smallest absolute Gasteiger partial charge is 0.0325 e. The Morgan fingerprint density at radius 2 is 1.63 bits per heavy atom. The second kappa shape index (κ2) is 7.69. The van der Waals surface area contributed by atoms with Crippen LogP contribution in [0.4, 0.5) is 0 Å². The SMILES string of the molecule is CC(C)CC(NC1CCCCCC1)c1ccccc1. The van der Waals surface area contributed by atoms with Crippen molar-refractivity contribution in [3.63, 3.8) is 0 Å². The van der Waals surface area contributed by atoms with E-state index in [1.165, 1.54) is 50.5 Å². The van der Waals surface area contributed by atoms with Crippen LogP contribution in [-0.2, 0) is 0 Å². The van der Waals surface area contributed by atoms with Gasteiger partial charge in [0.05, 0.1) is 0 Å². The van der Waals surface area contributed by atoms with Crippen LogP contribution in [0, 0.1) is 5.92 Å². The van der Waals surface area contributed by atoms with Crippen LogP contribution in [0.25, 0.3) is 0 Å². The minimum absolute atomic E-state index is 0.532. The molecule has 1 aliphatic carbocycles. The first-order valence-corrected chi connectivity index (χ1v) is 8.06. The van der Waals surface area contributed by atoms with Gasteiger partial charge in [0.2, 0.25) is 0 Å². The average Bonchev–Trinajstić information content (AvgIpc) is 2.67. The van der Waals surface area contributed by atoms with Gasteiger partial charge >= 0.3 is 0 Å². The van der Waals surface area contributed by atoms with Crippen LogP contribution >= 0.6 is 0 Å². The predicted octanol–water partition coefficient (Wildman–Crippen LogP) is 5.09. The van der Waals surface area contributed by atoms with Crippen LogP contribution in [0.1, 0.15) is 70.4 Å². The van der Waals surface area contributed by atoms with Crippen molar-refractivity contribution in [1.82, 2.24) is 5.32 Å². The monoisotopic (exact) mass is 259 g/mol. The molecular weight excluding hydrogens is 230 g/mol. The van der Waals surface area contributed by atoms with Crippen LogP contribution in [-0.4, -0.2) is 6.04 Å². The normalized spacial score (nSPS) is 19.3. The average molecular weight is 259 g/mol. The Morgan fingerprint density at radius 3 is 2.21 bits per heavy atom. The van der Waals surface area contributed by atoms with Crippen molar-refractivity contribution in [3.8, 4) is 0 Å². The molecule has 0 heterocycles. The highest BCUT2D eigenvalue weighted by Gasteiger charge is 2.19. The largest absolute Gasteiger partial charge is 0.307 e. The third-order valence-corrected chi connectivity index (χ3v) is 4.20. The zero-order valence-electron chi connectivity index (χ0n) is 12.6. The second-order valence-electron chi connectivity index (χ2n) is 6.45. The molecule has 1 heteroatoms. The molecule has 106 valence electrons. The van der Waals surface area contributed by atoms with Gasteiger partial charge in [0.1, 0.15) is 0 Å². The summed E-state index contributed by atoms with van der Waals surface area (Å²) in [6, 6.07) is 12.2. The summed E-state index contributed by atoms with van der Waals surface area (Å²) in [5.74, 6) is 0.739. The van der Waals surface area contributed by atoms with Gasteiger partial charge in [-0.2, -0.15) is 0 Å². The Morgan fingerprint density at radius 1 is 1.00 bits per heavy atom. The fourth-order valence-electron chi connectivity index (χ4n) is 3.19. The fourth-order valence-corrected chi connectivity index (χ4v) is 3.19. The van der Waals surface area contributed by atoms with Gasteiger partial charge in [0.15, 0.2) is 0 Å². The molecular formula is C18H29N. The van der Waals surface area contributed by atoms with Gasteiger partial charge in [-0.05, 0) is 30.7 Å². The predicted molar refractivity (Wildman–Crippen MR) is 83.3 cm³/mol. The van der Waals surface area contributed by atoms with Gasteiger partial charge in [-0.1, -0.05) is 69.9 Å². The first-order chi connectivity index (χ1) is 9.25. The molecule has 0 saturated heterocycles. The van der Waals surface area contributed by atoms with E-state index in [0.717, 1.165) is 12.0 Å². The van der Waals surface area contributed by atoms with Gasteiger partial charge in [0.25, 0.3) is 0 Å². The molecule has 1 N–H and O–H groups in total. The van der Waals surface area contributed by atoms with E-state index in [2.05, 4.69) is 49.5 Å². The Balaban J connectivity index is 2.00. The highest BCUT2D eigenvalue weighted by atomic mass is 14.9. The van der Waals surface area contributed by atoms with Gasteiger partial charge in [0, 0.05) is 12.1 Å². The summed E-state index contributed by atoms with van der Waals surface area (Å²) in [7, 11) is 0. The van der Waals surface area contributed by atoms with Gasteiger partial charge < -0.3 is 5.32 Å². The summed E-state index contributed by atoms with van der Waals surface area (Å²) in [5.41, 5.74) is 1.46. The molecule has 2 rings (SSSR count). The highest BCUT2D eigenvalue weighted by Crippen LogP contribution is 2.25. The Hall–Kier alpha value is -0.820. The molecule has 0 aliphatic heterocycles. The van der Waals surface area contributed by atoms with Crippen LogP contribution in [0.15, 0.2) is 30.3 Å². The lowest BCUT2D eigenvalue weighted by Gasteiger charge is -2.27. The Kier molecular flexibility index (Phi) is 5.91. The molecule has 1 nitrogen and oxygen atoms in total. The second-order valence-corrected chi connectivity index (χ2v) is 6.45. The van der Waals surface area contributed by atoms with Crippen LogP contribution in [0.3, 0.4) is 0 Å². The third kappa shape index (κ3) is 4.99. The zero-order chi connectivity index (χ0) is 13.5. The standard InChI is InChI=1S/C18H29N/c1-15(2)14-18(16-10-6-5-7-11-16)19-17-12-8-3-4-9-13-17/h5-7,10-11,15,17-19H,3-4,8-9,12-14H2,1-2H3. The van der Waals surface area contributed by atoms with Crippen molar-refractivity contribution in [3.05, 3.63) is 35.9 Å². The quantitative estimate of drug-likeness (QED) is 0.727. The van der Waals surface area contributed by atoms with E-state index in [1.807, 2.05) is 0 Å². The molecule has 1 fully saturated rings. The number of nitrogens with one attached hydrogen (secondary N) is 1. The molecule has 1 atom stereocenters. The van der Waals surface area contributed by atoms with Gasteiger partial charge in [-0.3, -0.25) is 0 Å². The maximum absolute atomic E-state index is 3.94. The van der Waals surface area contributed by atoms with E-state index < -0.39 is 0 Å². The molecule has 1 aromatic carbocycles. The van der Waals surface area contributed by atoms with E-state index in [0.29, 0.717) is 6.04 Å². The molecule has 19 heavy (non-hydrogen) atoms. The van der Waals surface area contributed by atoms with Crippen LogP contribution < -0.4 is 5.32 Å². The van der Waals surface area contributed by atoms with E-state index in [1.54, 1.807) is 0 Å². The molecule has 0 bridgehead atoms. The van der Waals surface area contributed by atoms with E-state index in [-0.39, 0.29) is 0 Å². The summed E-state index contributed by atoms with van der Waals surface area (Å²) in [5, 5.41) is 3.94. The molecule has 0 aromatic heterocycles. The van der Waals surface area contributed by atoms with Crippen molar-refractivity contribution < 1.29 is 0 Å². The van der Waals surface area contributed by atoms with Crippen molar-refractivity contribution in [1.29, 1.82) is 0 Å². The summed E-state index contributed by atoms with van der Waals surface area (Å²) in [6.45, 7) is 4.65. The minimum Gasteiger partial charge on any atom is -0.307 e. The number of hydrogen-bond donors (Lipinski definition) is 1. The molecule has 1 aromatic rings. The molecule has 0 spiro atoms. The number of hydrogen-bond acceptors (Lipinski definition) is 1. The van der Waals surface area contributed by atoms with Gasteiger partial charge in [-0.25, -0.2) is 0 Å². The van der Waals surface area contributed by atoms with Gasteiger partial charge in [-0.15, -0.1) is 0 Å². The maximum Gasteiger partial charge on any atom is 0.0325 e. The molecule has 1 unspecified atom stereocenters. The van der Waals surface area contributed by atoms with E-state index in [9.17, 15) is 0 Å². The van der Waals surface area contributed by atoms with Crippen molar-refractivity contribution in [2.24, 2.45) is 5.92 Å². The Labute approximate surface area is 118 Å². The number of rotatable bonds is 5. The molecule has 1 saturated carbocycles. The molecule has 0 amide bonds. The van der Waals surface area contributed by atoms with Crippen LogP contribution in [0.5, 0.6) is 0 Å².